The maximum Gasteiger partial charge on any atom is 0.126 e. The molecule has 20 heavy (non-hydrogen) atoms. The molecule has 0 bridgehead atoms. The van der Waals surface area contributed by atoms with Crippen LogP contribution < -0.4 is 4.74 Å². The smallest absolute Gasteiger partial charge is 0.126 e. The van der Waals surface area contributed by atoms with Crippen molar-refractivity contribution in [3.8, 4) is 5.75 Å². The fourth-order valence-corrected chi connectivity index (χ4v) is 2.18. The van der Waals surface area contributed by atoms with Crippen LogP contribution in [-0.2, 0) is 6.42 Å². The van der Waals surface area contributed by atoms with Crippen molar-refractivity contribution in [2.75, 3.05) is 0 Å². The molecule has 0 aliphatic heterocycles. The monoisotopic (exact) mass is 266 g/mol. The van der Waals surface area contributed by atoms with Gasteiger partial charge in [0.2, 0.25) is 0 Å². The van der Waals surface area contributed by atoms with Crippen molar-refractivity contribution in [2.45, 2.75) is 26.4 Å². The van der Waals surface area contributed by atoms with Gasteiger partial charge in [0.05, 0.1) is 0 Å². The fourth-order valence-electron chi connectivity index (χ4n) is 2.18. The molecule has 0 spiro atoms. The zero-order valence-corrected chi connectivity index (χ0v) is 12.3. The summed E-state index contributed by atoms with van der Waals surface area (Å²) in [5.41, 5.74) is 2.36. The molecule has 2 aromatic rings. The van der Waals surface area contributed by atoms with Crippen LogP contribution in [0.5, 0.6) is 5.75 Å². The summed E-state index contributed by atoms with van der Waals surface area (Å²) in [5, 5.41) is 0. The zero-order chi connectivity index (χ0) is 14.4. The average Bonchev–Trinajstić information content (AvgIpc) is 2.48. The Labute approximate surface area is 121 Å². The number of hydrogen-bond donors (Lipinski definition) is 0. The Morgan fingerprint density at radius 3 is 2.30 bits per heavy atom. The van der Waals surface area contributed by atoms with Crippen LogP contribution in [0.25, 0.3) is 6.08 Å². The molecule has 0 aliphatic rings. The maximum absolute atomic E-state index is 6.23. The number of benzene rings is 2. The quantitative estimate of drug-likeness (QED) is 0.717. The molecule has 0 fully saturated rings. The van der Waals surface area contributed by atoms with Gasteiger partial charge in [-0.2, -0.15) is 0 Å². The van der Waals surface area contributed by atoms with Crippen LogP contribution in [0.3, 0.4) is 0 Å². The molecule has 2 rings (SSSR count). The molecule has 1 nitrogen and oxygen atoms in total. The van der Waals surface area contributed by atoms with E-state index in [4.69, 9.17) is 4.74 Å². The van der Waals surface area contributed by atoms with Gasteiger partial charge >= 0.3 is 0 Å². The lowest BCUT2D eigenvalue weighted by molar-refractivity contribution is 0.151. The molecule has 104 valence electrons. The molecule has 0 saturated heterocycles. The third-order valence-corrected chi connectivity index (χ3v) is 3.44. The van der Waals surface area contributed by atoms with Gasteiger partial charge in [0.1, 0.15) is 11.9 Å². The number of ether oxygens (including phenoxy) is 1. The molecule has 0 N–H and O–H groups in total. The minimum Gasteiger partial charge on any atom is -0.489 e. The van der Waals surface area contributed by atoms with E-state index in [1.807, 2.05) is 36.4 Å². The van der Waals surface area contributed by atoms with Gasteiger partial charge < -0.3 is 4.74 Å². The van der Waals surface area contributed by atoms with E-state index in [9.17, 15) is 0 Å². The summed E-state index contributed by atoms with van der Waals surface area (Å²) in [4.78, 5) is 0. The van der Waals surface area contributed by atoms with Crippen LogP contribution in [0, 0.1) is 5.92 Å². The van der Waals surface area contributed by atoms with Crippen LogP contribution in [-0.4, -0.2) is 6.10 Å². The first-order chi connectivity index (χ1) is 9.70. The average molecular weight is 266 g/mol. The highest BCUT2D eigenvalue weighted by molar-refractivity contribution is 5.55. The standard InChI is InChI=1S/C19H22O/c1-4-17-12-8-9-13-18(17)20-19(15(2)3)14-16-10-6-5-7-11-16/h4-13,15,19H,1,14H2,2-3H3. The lowest BCUT2D eigenvalue weighted by Gasteiger charge is -2.24. The van der Waals surface area contributed by atoms with Crippen molar-refractivity contribution >= 4 is 6.08 Å². The van der Waals surface area contributed by atoms with E-state index in [1.54, 1.807) is 0 Å². The normalized spacial score (nSPS) is 12.2. The lowest BCUT2D eigenvalue weighted by atomic mass is 9.99. The Hall–Kier alpha value is -2.02. The van der Waals surface area contributed by atoms with Crippen LogP contribution in [0.1, 0.15) is 25.0 Å². The SMILES string of the molecule is C=Cc1ccccc1OC(Cc1ccccc1)C(C)C. The molecule has 2 aromatic carbocycles. The summed E-state index contributed by atoms with van der Waals surface area (Å²) >= 11 is 0. The number of rotatable bonds is 6. The van der Waals surface area contributed by atoms with Gasteiger partial charge in [-0.25, -0.2) is 0 Å². The zero-order valence-electron chi connectivity index (χ0n) is 12.3. The Morgan fingerprint density at radius 2 is 1.65 bits per heavy atom. The first-order valence-electron chi connectivity index (χ1n) is 7.12. The topological polar surface area (TPSA) is 9.23 Å². The van der Waals surface area contributed by atoms with Gasteiger partial charge in [-0.05, 0) is 17.5 Å². The van der Waals surface area contributed by atoms with Gasteiger partial charge in [0.15, 0.2) is 0 Å². The highest BCUT2D eigenvalue weighted by atomic mass is 16.5. The number of para-hydroxylation sites is 1. The third kappa shape index (κ3) is 3.74. The van der Waals surface area contributed by atoms with Crippen molar-refractivity contribution in [2.24, 2.45) is 5.92 Å². The van der Waals surface area contributed by atoms with E-state index in [1.165, 1.54) is 5.56 Å². The van der Waals surface area contributed by atoms with Gasteiger partial charge in [-0.3, -0.25) is 0 Å². The van der Waals surface area contributed by atoms with Crippen LogP contribution in [0.4, 0.5) is 0 Å². The van der Waals surface area contributed by atoms with E-state index >= 15 is 0 Å². The van der Waals surface area contributed by atoms with Crippen molar-refractivity contribution in [3.63, 3.8) is 0 Å². The summed E-state index contributed by atoms with van der Waals surface area (Å²) in [6.07, 6.45) is 2.93. The molecular weight excluding hydrogens is 244 g/mol. The minimum absolute atomic E-state index is 0.165. The van der Waals surface area contributed by atoms with Crippen molar-refractivity contribution < 1.29 is 4.74 Å². The summed E-state index contributed by atoms with van der Waals surface area (Å²) in [6.45, 7) is 8.24. The first-order valence-corrected chi connectivity index (χ1v) is 7.12. The Morgan fingerprint density at radius 1 is 1.00 bits per heavy atom. The predicted molar refractivity (Wildman–Crippen MR) is 85.9 cm³/mol. The van der Waals surface area contributed by atoms with Crippen molar-refractivity contribution in [3.05, 3.63) is 72.3 Å². The van der Waals surface area contributed by atoms with E-state index < -0.39 is 0 Å². The summed E-state index contributed by atoms with van der Waals surface area (Å²) < 4.78 is 6.23. The molecule has 1 heteroatoms. The van der Waals surface area contributed by atoms with E-state index in [-0.39, 0.29) is 6.10 Å². The van der Waals surface area contributed by atoms with Gasteiger partial charge in [0.25, 0.3) is 0 Å². The maximum atomic E-state index is 6.23. The number of hydrogen-bond acceptors (Lipinski definition) is 1. The van der Waals surface area contributed by atoms with Crippen molar-refractivity contribution in [1.29, 1.82) is 0 Å². The highest BCUT2D eigenvalue weighted by Crippen LogP contribution is 2.24. The molecular formula is C19H22O. The first kappa shape index (κ1) is 14.4. The molecule has 1 unspecified atom stereocenters. The third-order valence-electron chi connectivity index (χ3n) is 3.44. The molecule has 0 aliphatic carbocycles. The molecule has 0 saturated carbocycles. The molecule has 0 amide bonds. The van der Waals surface area contributed by atoms with E-state index in [0.717, 1.165) is 17.7 Å². The molecule has 0 heterocycles. The summed E-state index contributed by atoms with van der Waals surface area (Å²) in [6, 6.07) is 18.5. The summed E-state index contributed by atoms with van der Waals surface area (Å²) in [5.74, 6) is 1.37. The molecule has 0 radical (unpaired) electrons. The fraction of sp³-hybridized carbons (Fsp3) is 0.263. The molecule has 1 atom stereocenters. The Kier molecular flexibility index (Phi) is 5.00. The Bertz CT molecular complexity index is 543. The van der Waals surface area contributed by atoms with Crippen LogP contribution >= 0.6 is 0 Å². The second-order valence-electron chi connectivity index (χ2n) is 5.33. The lowest BCUT2D eigenvalue weighted by Crippen LogP contribution is -2.26. The van der Waals surface area contributed by atoms with Gasteiger partial charge in [-0.1, -0.05) is 75.0 Å². The van der Waals surface area contributed by atoms with E-state index in [0.29, 0.717) is 5.92 Å². The van der Waals surface area contributed by atoms with Crippen LogP contribution in [0.15, 0.2) is 61.2 Å². The van der Waals surface area contributed by atoms with Gasteiger partial charge in [-0.15, -0.1) is 0 Å². The Balaban J connectivity index is 2.15. The van der Waals surface area contributed by atoms with Crippen LogP contribution in [0.2, 0.25) is 0 Å². The minimum atomic E-state index is 0.165. The summed E-state index contributed by atoms with van der Waals surface area (Å²) in [7, 11) is 0. The van der Waals surface area contributed by atoms with Gasteiger partial charge in [0, 0.05) is 12.0 Å². The van der Waals surface area contributed by atoms with E-state index in [2.05, 4.69) is 44.7 Å². The second-order valence-corrected chi connectivity index (χ2v) is 5.33. The second kappa shape index (κ2) is 6.95. The molecule has 0 aromatic heterocycles. The highest BCUT2D eigenvalue weighted by Gasteiger charge is 2.17. The largest absolute Gasteiger partial charge is 0.489 e. The predicted octanol–water partition coefficient (Wildman–Crippen LogP) is 4.98. The van der Waals surface area contributed by atoms with Crippen molar-refractivity contribution in [1.82, 2.24) is 0 Å².